The number of aromatic nitrogens is 1. The standard InChI is InChI=1S/C20H25N3O3S/c1-20(2,3)16-13-27-18(21-16)22-17(24)15-10-7-11-23(15)19(25)26-12-14-8-5-4-6-9-14/h4-6,8-9,13,15H,7,10-12H2,1-3H3,(H,21,22,24)/t15-/m1/s1. The minimum atomic E-state index is -0.518. The van der Waals surface area contributed by atoms with E-state index in [1.807, 2.05) is 35.7 Å². The first kappa shape index (κ1) is 19.4. The normalized spacial score (nSPS) is 17.0. The first-order valence-corrected chi connectivity index (χ1v) is 9.97. The van der Waals surface area contributed by atoms with E-state index in [1.54, 1.807) is 0 Å². The van der Waals surface area contributed by atoms with E-state index < -0.39 is 12.1 Å². The largest absolute Gasteiger partial charge is 0.445 e. The average molecular weight is 388 g/mol. The fourth-order valence-corrected chi connectivity index (χ4v) is 3.86. The molecule has 1 aliphatic rings. The number of carbonyl (C=O) groups is 2. The molecule has 1 aromatic carbocycles. The number of nitrogens with one attached hydrogen (secondary N) is 1. The van der Waals surface area contributed by atoms with Gasteiger partial charge in [-0.1, -0.05) is 51.1 Å². The van der Waals surface area contributed by atoms with E-state index >= 15 is 0 Å². The molecule has 2 amide bonds. The highest BCUT2D eigenvalue weighted by Crippen LogP contribution is 2.27. The third-order valence-electron chi connectivity index (χ3n) is 4.50. The fourth-order valence-electron chi connectivity index (χ4n) is 2.92. The molecule has 144 valence electrons. The van der Waals surface area contributed by atoms with Gasteiger partial charge in [0.2, 0.25) is 5.91 Å². The maximum absolute atomic E-state index is 12.7. The van der Waals surface area contributed by atoms with Gasteiger partial charge >= 0.3 is 6.09 Å². The van der Waals surface area contributed by atoms with Gasteiger partial charge in [0, 0.05) is 17.3 Å². The van der Waals surface area contributed by atoms with Crippen molar-refractivity contribution >= 4 is 28.5 Å². The Bertz CT molecular complexity index is 798. The van der Waals surface area contributed by atoms with Crippen molar-refractivity contribution in [2.75, 3.05) is 11.9 Å². The third kappa shape index (κ3) is 4.86. The minimum Gasteiger partial charge on any atom is -0.445 e. The summed E-state index contributed by atoms with van der Waals surface area (Å²) >= 11 is 1.40. The number of thiazole rings is 1. The SMILES string of the molecule is CC(C)(C)c1csc(NC(=O)[C@H]2CCCN2C(=O)OCc2ccccc2)n1. The third-order valence-corrected chi connectivity index (χ3v) is 5.26. The molecule has 7 heteroatoms. The summed E-state index contributed by atoms with van der Waals surface area (Å²) in [5.41, 5.74) is 1.79. The van der Waals surface area contributed by atoms with E-state index in [-0.39, 0.29) is 17.9 Å². The molecule has 1 aliphatic heterocycles. The van der Waals surface area contributed by atoms with E-state index in [9.17, 15) is 9.59 Å². The highest BCUT2D eigenvalue weighted by molar-refractivity contribution is 7.14. The molecule has 2 heterocycles. The second-order valence-corrected chi connectivity index (χ2v) is 8.53. The van der Waals surface area contributed by atoms with Crippen molar-refractivity contribution in [1.82, 2.24) is 9.88 Å². The lowest BCUT2D eigenvalue weighted by Crippen LogP contribution is -2.43. The van der Waals surface area contributed by atoms with Crippen LogP contribution in [0, 0.1) is 0 Å². The van der Waals surface area contributed by atoms with Crippen LogP contribution in [0.2, 0.25) is 0 Å². The number of likely N-dealkylation sites (tertiary alicyclic amines) is 1. The summed E-state index contributed by atoms with van der Waals surface area (Å²) in [7, 11) is 0. The van der Waals surface area contributed by atoms with Crippen molar-refractivity contribution in [3.8, 4) is 0 Å². The Labute approximate surface area is 163 Å². The monoisotopic (exact) mass is 387 g/mol. The van der Waals surface area contributed by atoms with E-state index in [0.29, 0.717) is 18.1 Å². The summed E-state index contributed by atoms with van der Waals surface area (Å²) in [6.07, 6.45) is 0.957. The van der Waals surface area contributed by atoms with Crippen LogP contribution in [0.4, 0.5) is 9.93 Å². The van der Waals surface area contributed by atoms with Crippen LogP contribution in [0.1, 0.15) is 44.9 Å². The van der Waals surface area contributed by atoms with Gasteiger partial charge in [0.05, 0.1) is 5.69 Å². The topological polar surface area (TPSA) is 71.5 Å². The highest BCUT2D eigenvalue weighted by atomic mass is 32.1. The molecule has 6 nitrogen and oxygen atoms in total. The predicted octanol–water partition coefficient (Wildman–Crippen LogP) is 4.18. The number of amides is 2. The van der Waals surface area contributed by atoms with Crippen LogP contribution in [0.5, 0.6) is 0 Å². The van der Waals surface area contributed by atoms with Crippen LogP contribution in [-0.4, -0.2) is 34.5 Å². The second-order valence-electron chi connectivity index (χ2n) is 7.67. The number of nitrogens with zero attached hydrogens (tertiary/aromatic N) is 2. The molecule has 0 saturated carbocycles. The average Bonchev–Trinajstić information content (AvgIpc) is 3.29. The molecule has 0 spiro atoms. The van der Waals surface area contributed by atoms with Crippen LogP contribution in [0.3, 0.4) is 0 Å². The molecule has 3 rings (SSSR count). The van der Waals surface area contributed by atoms with Gasteiger partial charge in [-0.25, -0.2) is 9.78 Å². The Balaban J connectivity index is 1.59. The lowest BCUT2D eigenvalue weighted by Gasteiger charge is -2.23. The molecule has 0 radical (unpaired) electrons. The van der Waals surface area contributed by atoms with Gasteiger partial charge in [-0.05, 0) is 18.4 Å². The van der Waals surface area contributed by atoms with E-state index in [1.165, 1.54) is 16.2 Å². The Morgan fingerprint density at radius 2 is 2.04 bits per heavy atom. The van der Waals surface area contributed by atoms with Crippen molar-refractivity contribution in [2.45, 2.75) is 51.7 Å². The van der Waals surface area contributed by atoms with Crippen LogP contribution in [0.15, 0.2) is 35.7 Å². The number of hydrogen-bond donors (Lipinski definition) is 1. The van der Waals surface area contributed by atoms with Gasteiger partial charge in [0.25, 0.3) is 0 Å². The summed E-state index contributed by atoms with van der Waals surface area (Å²) in [6.45, 7) is 6.96. The first-order valence-electron chi connectivity index (χ1n) is 9.09. The Kier molecular flexibility index (Phi) is 5.79. The van der Waals surface area contributed by atoms with Crippen LogP contribution >= 0.6 is 11.3 Å². The van der Waals surface area contributed by atoms with Gasteiger partial charge in [0.1, 0.15) is 12.6 Å². The van der Waals surface area contributed by atoms with Crippen LogP contribution in [-0.2, 0) is 21.6 Å². The zero-order valence-corrected chi connectivity index (χ0v) is 16.7. The minimum absolute atomic E-state index is 0.0693. The molecule has 1 fully saturated rings. The van der Waals surface area contributed by atoms with Crippen molar-refractivity contribution in [1.29, 1.82) is 0 Å². The van der Waals surface area contributed by atoms with E-state index in [2.05, 4.69) is 31.1 Å². The van der Waals surface area contributed by atoms with Crippen molar-refractivity contribution in [2.24, 2.45) is 0 Å². The zero-order chi connectivity index (χ0) is 19.4. The maximum atomic E-state index is 12.7. The number of hydrogen-bond acceptors (Lipinski definition) is 5. The molecular formula is C20H25N3O3S. The zero-order valence-electron chi connectivity index (χ0n) is 15.9. The number of rotatable bonds is 4. The summed E-state index contributed by atoms with van der Waals surface area (Å²) in [5, 5.41) is 5.37. The van der Waals surface area contributed by atoms with Gasteiger partial charge in [-0.15, -0.1) is 11.3 Å². The van der Waals surface area contributed by atoms with Crippen molar-refractivity contribution in [3.05, 3.63) is 47.0 Å². The lowest BCUT2D eigenvalue weighted by molar-refractivity contribution is -0.120. The van der Waals surface area contributed by atoms with Gasteiger partial charge < -0.3 is 10.1 Å². The molecule has 1 saturated heterocycles. The van der Waals surface area contributed by atoms with Gasteiger partial charge in [0.15, 0.2) is 5.13 Å². The molecule has 0 aliphatic carbocycles. The lowest BCUT2D eigenvalue weighted by atomic mass is 9.93. The molecule has 2 aromatic rings. The Morgan fingerprint density at radius 3 is 2.70 bits per heavy atom. The highest BCUT2D eigenvalue weighted by Gasteiger charge is 2.35. The van der Waals surface area contributed by atoms with E-state index in [0.717, 1.165) is 17.7 Å². The van der Waals surface area contributed by atoms with Gasteiger partial charge in [-0.2, -0.15) is 0 Å². The number of carbonyl (C=O) groups excluding carboxylic acids is 2. The molecular weight excluding hydrogens is 362 g/mol. The quantitative estimate of drug-likeness (QED) is 0.854. The predicted molar refractivity (Wildman–Crippen MR) is 106 cm³/mol. The van der Waals surface area contributed by atoms with Crippen molar-refractivity contribution in [3.63, 3.8) is 0 Å². The second kappa shape index (κ2) is 8.08. The summed E-state index contributed by atoms with van der Waals surface area (Å²) in [5.74, 6) is -0.209. The first-order chi connectivity index (χ1) is 12.8. The molecule has 1 aromatic heterocycles. The van der Waals surface area contributed by atoms with E-state index in [4.69, 9.17) is 4.74 Å². The number of benzene rings is 1. The number of ether oxygens (including phenoxy) is 1. The molecule has 1 N–H and O–H groups in total. The summed E-state index contributed by atoms with van der Waals surface area (Å²) < 4.78 is 5.39. The molecule has 0 unspecified atom stereocenters. The fraction of sp³-hybridized carbons (Fsp3) is 0.450. The van der Waals surface area contributed by atoms with Crippen LogP contribution < -0.4 is 5.32 Å². The molecule has 27 heavy (non-hydrogen) atoms. The van der Waals surface area contributed by atoms with Crippen LogP contribution in [0.25, 0.3) is 0 Å². The summed E-state index contributed by atoms with van der Waals surface area (Å²) in [6, 6.07) is 8.99. The smallest absolute Gasteiger partial charge is 0.410 e. The Hall–Kier alpha value is -2.41. The molecule has 0 bridgehead atoms. The Morgan fingerprint density at radius 1 is 1.30 bits per heavy atom. The van der Waals surface area contributed by atoms with Gasteiger partial charge in [-0.3, -0.25) is 9.69 Å². The maximum Gasteiger partial charge on any atom is 0.410 e. The summed E-state index contributed by atoms with van der Waals surface area (Å²) in [4.78, 5) is 31.1. The van der Waals surface area contributed by atoms with Crippen molar-refractivity contribution < 1.29 is 14.3 Å². The number of anilines is 1. The molecule has 1 atom stereocenters.